The van der Waals surface area contributed by atoms with Gasteiger partial charge in [0.05, 0.1) is 30.9 Å². The van der Waals surface area contributed by atoms with E-state index >= 15 is 0 Å². The molecule has 4 rings (SSSR count). The van der Waals surface area contributed by atoms with Gasteiger partial charge in [-0.1, -0.05) is 30.3 Å². The zero-order valence-electron chi connectivity index (χ0n) is 14.7. The molecule has 0 aromatic heterocycles. The van der Waals surface area contributed by atoms with Crippen LogP contribution in [-0.2, 0) is 11.3 Å². The monoisotopic (exact) mass is 349 g/mol. The van der Waals surface area contributed by atoms with Crippen molar-refractivity contribution in [2.45, 2.75) is 31.2 Å². The van der Waals surface area contributed by atoms with Gasteiger partial charge in [-0.25, -0.2) is 0 Å². The number of piperazine rings is 1. The third-order valence-corrected chi connectivity index (χ3v) is 5.10. The van der Waals surface area contributed by atoms with Crippen LogP contribution in [0.1, 0.15) is 29.0 Å². The fourth-order valence-corrected chi connectivity index (χ4v) is 3.86. The predicted octanol–water partition coefficient (Wildman–Crippen LogP) is 2.53. The molecule has 2 aliphatic heterocycles. The molecule has 0 spiro atoms. The van der Waals surface area contributed by atoms with E-state index in [0.29, 0.717) is 18.1 Å². The second-order valence-corrected chi connectivity index (χ2v) is 6.76. The second kappa shape index (κ2) is 7.88. The van der Waals surface area contributed by atoms with Crippen molar-refractivity contribution in [2.75, 3.05) is 19.7 Å². The van der Waals surface area contributed by atoms with Crippen molar-refractivity contribution in [1.82, 2.24) is 10.6 Å². The molecule has 0 radical (unpaired) electrons. The topological polar surface area (TPSA) is 66.3 Å². The minimum Gasteiger partial charge on any atom is -0.493 e. The summed E-state index contributed by atoms with van der Waals surface area (Å²) in [4.78, 5) is 0. The molecule has 0 aliphatic carbocycles. The van der Waals surface area contributed by atoms with E-state index in [0.717, 1.165) is 37.4 Å². The zero-order chi connectivity index (χ0) is 17.8. The number of para-hydroxylation sites is 1. The number of hydrogen-bond donors (Lipinski definition) is 2. The van der Waals surface area contributed by atoms with Gasteiger partial charge in [-0.3, -0.25) is 5.32 Å². The summed E-state index contributed by atoms with van der Waals surface area (Å²) in [5, 5.41) is 16.2. The van der Waals surface area contributed by atoms with Crippen LogP contribution in [0.5, 0.6) is 5.75 Å². The molecule has 1 saturated heterocycles. The predicted molar refractivity (Wildman–Crippen MR) is 98.8 cm³/mol. The first-order valence-corrected chi connectivity index (χ1v) is 9.14. The molecule has 3 atom stereocenters. The Balaban J connectivity index is 1.49. The lowest BCUT2D eigenvalue weighted by molar-refractivity contribution is -0.0277. The molecule has 0 saturated carbocycles. The summed E-state index contributed by atoms with van der Waals surface area (Å²) in [5.74, 6) is 1.33. The van der Waals surface area contributed by atoms with Crippen LogP contribution in [0.25, 0.3) is 0 Å². The van der Waals surface area contributed by atoms with E-state index in [1.807, 2.05) is 36.4 Å². The highest BCUT2D eigenvalue weighted by Crippen LogP contribution is 2.37. The summed E-state index contributed by atoms with van der Waals surface area (Å²) in [6, 6.07) is 18.2. The number of nitrogens with zero attached hydrogens (tertiary/aromatic N) is 1. The van der Waals surface area contributed by atoms with Gasteiger partial charge in [0, 0.05) is 19.0 Å². The second-order valence-electron chi connectivity index (χ2n) is 6.76. The Kier molecular flexibility index (Phi) is 5.16. The van der Waals surface area contributed by atoms with E-state index in [-0.39, 0.29) is 12.3 Å². The number of nitrogens with one attached hydrogen (secondary N) is 2. The van der Waals surface area contributed by atoms with Crippen LogP contribution in [0.4, 0.5) is 0 Å². The number of fused-ring (bicyclic) bond motifs is 1. The number of benzene rings is 2. The van der Waals surface area contributed by atoms with Crippen LogP contribution in [0.15, 0.2) is 48.5 Å². The van der Waals surface area contributed by atoms with E-state index in [2.05, 4.69) is 28.8 Å². The summed E-state index contributed by atoms with van der Waals surface area (Å²) in [7, 11) is 0. The van der Waals surface area contributed by atoms with Crippen LogP contribution in [0, 0.1) is 11.3 Å². The standard InChI is InChI=1S/C21H23N3O2/c22-13-15-4-3-5-16(12-15)14-26-21-20(23-9-10-24-21)18-8-11-25-19-7-2-1-6-17(18)19/h1-7,12,18,20-21,23-24H,8-11,14H2/t18?,20-,21-/m1/s1. The summed E-state index contributed by atoms with van der Waals surface area (Å²) < 4.78 is 12.0. The number of ether oxygens (including phenoxy) is 2. The molecular weight excluding hydrogens is 326 g/mol. The maximum absolute atomic E-state index is 9.06. The molecule has 0 bridgehead atoms. The van der Waals surface area contributed by atoms with E-state index in [4.69, 9.17) is 14.7 Å². The molecular formula is C21H23N3O2. The normalized spacial score (nSPS) is 25.0. The third-order valence-electron chi connectivity index (χ3n) is 5.10. The van der Waals surface area contributed by atoms with Gasteiger partial charge >= 0.3 is 0 Å². The first-order valence-electron chi connectivity index (χ1n) is 9.14. The zero-order valence-corrected chi connectivity index (χ0v) is 14.7. The first kappa shape index (κ1) is 17.0. The highest BCUT2D eigenvalue weighted by molar-refractivity contribution is 5.39. The van der Waals surface area contributed by atoms with Gasteiger partial charge in [-0.2, -0.15) is 5.26 Å². The van der Waals surface area contributed by atoms with Crippen LogP contribution >= 0.6 is 0 Å². The summed E-state index contributed by atoms with van der Waals surface area (Å²) >= 11 is 0. The molecule has 134 valence electrons. The van der Waals surface area contributed by atoms with Crippen molar-refractivity contribution in [3.63, 3.8) is 0 Å². The van der Waals surface area contributed by atoms with Gasteiger partial charge in [-0.05, 0) is 35.7 Å². The number of nitriles is 1. The lowest BCUT2D eigenvalue weighted by Gasteiger charge is -2.40. The van der Waals surface area contributed by atoms with Gasteiger partial charge < -0.3 is 14.8 Å². The van der Waals surface area contributed by atoms with Gasteiger partial charge in [-0.15, -0.1) is 0 Å². The molecule has 2 aliphatic rings. The Morgan fingerprint density at radius 3 is 2.92 bits per heavy atom. The van der Waals surface area contributed by atoms with Gasteiger partial charge in [0.15, 0.2) is 0 Å². The van der Waals surface area contributed by atoms with Gasteiger partial charge in [0.1, 0.15) is 12.0 Å². The van der Waals surface area contributed by atoms with E-state index in [1.54, 1.807) is 0 Å². The average Bonchev–Trinajstić information content (AvgIpc) is 2.72. The number of rotatable bonds is 4. The minimum absolute atomic E-state index is 0.0781. The van der Waals surface area contributed by atoms with Crippen molar-refractivity contribution < 1.29 is 9.47 Å². The highest BCUT2D eigenvalue weighted by Gasteiger charge is 2.36. The Morgan fingerprint density at radius 2 is 2.00 bits per heavy atom. The molecule has 1 unspecified atom stereocenters. The van der Waals surface area contributed by atoms with E-state index in [9.17, 15) is 0 Å². The van der Waals surface area contributed by atoms with Crippen molar-refractivity contribution in [3.8, 4) is 11.8 Å². The van der Waals surface area contributed by atoms with Crippen molar-refractivity contribution in [2.24, 2.45) is 0 Å². The first-order chi connectivity index (χ1) is 12.8. The molecule has 26 heavy (non-hydrogen) atoms. The van der Waals surface area contributed by atoms with Crippen LogP contribution in [0.2, 0.25) is 0 Å². The Hall–Kier alpha value is -2.39. The van der Waals surface area contributed by atoms with Crippen LogP contribution in [0.3, 0.4) is 0 Å². The lowest BCUT2D eigenvalue weighted by Crippen LogP contribution is -2.59. The largest absolute Gasteiger partial charge is 0.493 e. The average molecular weight is 349 g/mol. The molecule has 5 heteroatoms. The quantitative estimate of drug-likeness (QED) is 0.888. The summed E-state index contributed by atoms with van der Waals surface area (Å²) in [6.07, 6.45) is 0.894. The van der Waals surface area contributed by atoms with Crippen LogP contribution in [-0.4, -0.2) is 32.0 Å². The molecule has 1 fully saturated rings. The fraction of sp³-hybridized carbons (Fsp3) is 0.381. The SMILES string of the molecule is N#Cc1cccc(CO[C@H]2NCCN[C@@H]2C2CCOc3ccccc32)c1. The smallest absolute Gasteiger partial charge is 0.124 e. The number of hydrogen-bond acceptors (Lipinski definition) is 5. The van der Waals surface area contributed by atoms with Crippen molar-refractivity contribution in [3.05, 3.63) is 65.2 Å². The molecule has 2 aromatic carbocycles. The van der Waals surface area contributed by atoms with Crippen molar-refractivity contribution in [1.29, 1.82) is 5.26 Å². The summed E-state index contributed by atoms with van der Waals surface area (Å²) in [5.41, 5.74) is 2.93. The van der Waals surface area contributed by atoms with E-state index < -0.39 is 0 Å². The molecule has 2 aromatic rings. The summed E-state index contributed by atoms with van der Waals surface area (Å²) in [6.45, 7) is 3.02. The lowest BCUT2D eigenvalue weighted by atomic mass is 9.85. The molecule has 0 amide bonds. The Labute approximate surface area is 153 Å². The van der Waals surface area contributed by atoms with Gasteiger partial charge in [0.2, 0.25) is 0 Å². The Morgan fingerprint density at radius 1 is 1.12 bits per heavy atom. The maximum atomic E-state index is 9.06. The third kappa shape index (κ3) is 3.58. The highest BCUT2D eigenvalue weighted by atomic mass is 16.5. The van der Waals surface area contributed by atoms with Crippen molar-refractivity contribution >= 4 is 0 Å². The van der Waals surface area contributed by atoms with Crippen LogP contribution < -0.4 is 15.4 Å². The van der Waals surface area contributed by atoms with Gasteiger partial charge in [0.25, 0.3) is 0 Å². The van der Waals surface area contributed by atoms with E-state index in [1.165, 1.54) is 5.56 Å². The minimum atomic E-state index is -0.0781. The molecule has 2 N–H and O–H groups in total. The fourth-order valence-electron chi connectivity index (χ4n) is 3.86. The molecule has 5 nitrogen and oxygen atoms in total. The Bertz CT molecular complexity index is 802. The maximum Gasteiger partial charge on any atom is 0.124 e. The molecule has 2 heterocycles.